The molecule has 0 aliphatic heterocycles. The Balaban J connectivity index is 2.23. The van der Waals surface area contributed by atoms with Gasteiger partial charge in [-0.05, 0) is 39.0 Å². The van der Waals surface area contributed by atoms with Gasteiger partial charge in [0.2, 0.25) is 0 Å². The molecule has 1 aromatic carbocycles. The topological polar surface area (TPSA) is 73.2 Å². The Morgan fingerprint density at radius 1 is 0.737 bits per heavy atom. The molecule has 2 N–H and O–H groups in total. The van der Waals surface area contributed by atoms with Crippen molar-refractivity contribution in [3.63, 3.8) is 0 Å². The summed E-state index contributed by atoms with van der Waals surface area (Å²) in [4.78, 5) is 23.0. The van der Waals surface area contributed by atoms with Crippen LogP contribution >= 0.6 is 7.82 Å². The van der Waals surface area contributed by atoms with E-state index in [1.807, 2.05) is 25.1 Å². The minimum atomic E-state index is -4.50. The zero-order chi connectivity index (χ0) is 27.9. The normalized spacial score (nSPS) is 13.0. The highest BCUT2D eigenvalue weighted by Crippen LogP contribution is 2.38. The van der Waals surface area contributed by atoms with Gasteiger partial charge in [-0.2, -0.15) is 0 Å². The van der Waals surface area contributed by atoms with Crippen LogP contribution in [0.4, 0.5) is 0 Å². The van der Waals surface area contributed by atoms with Gasteiger partial charge in [0.15, 0.2) is 0 Å². The molecule has 1 aromatic rings. The van der Waals surface area contributed by atoms with Gasteiger partial charge in [-0.25, -0.2) is 4.57 Å². The van der Waals surface area contributed by atoms with Crippen molar-refractivity contribution < 1.29 is 18.9 Å². The summed E-state index contributed by atoms with van der Waals surface area (Å²) in [6.07, 6.45) is 22.0. The summed E-state index contributed by atoms with van der Waals surface area (Å²) in [6, 6.07) is 10.4. The average Bonchev–Trinajstić information content (AvgIpc) is 2.86. The lowest BCUT2D eigenvalue weighted by molar-refractivity contribution is 0.0917. The van der Waals surface area contributed by atoms with Crippen LogP contribution < -0.4 is 0 Å². The molecule has 6 nitrogen and oxygen atoms in total. The van der Waals surface area contributed by atoms with Gasteiger partial charge in [0, 0.05) is 19.6 Å². The van der Waals surface area contributed by atoms with Gasteiger partial charge in [-0.15, -0.1) is 0 Å². The largest absolute Gasteiger partial charge is 0.469 e. The lowest BCUT2D eigenvalue weighted by Gasteiger charge is -2.27. The number of hydrogen-bond acceptors (Lipinski definition) is 4. The SMILES string of the molecule is CCCCCCCCCCCCCCCCCCN(CCC(CN(C)C)OP(=O)(O)O)Cc1ccccc1. The summed E-state index contributed by atoms with van der Waals surface area (Å²) in [5.74, 6) is 0. The maximum atomic E-state index is 11.4. The van der Waals surface area contributed by atoms with Crippen LogP contribution in [-0.4, -0.2) is 59.4 Å². The van der Waals surface area contributed by atoms with Crippen LogP contribution in [-0.2, 0) is 15.6 Å². The molecule has 222 valence electrons. The second-order valence-electron chi connectivity index (χ2n) is 11.3. The summed E-state index contributed by atoms with van der Waals surface area (Å²) in [5, 5.41) is 0. The third-order valence-corrected chi connectivity index (χ3v) is 7.77. The molecule has 0 saturated heterocycles. The summed E-state index contributed by atoms with van der Waals surface area (Å²) in [7, 11) is -0.710. The van der Waals surface area contributed by atoms with Crippen molar-refractivity contribution in [2.45, 2.75) is 129 Å². The molecule has 0 aliphatic rings. The number of phosphoric ester groups is 1. The Labute approximate surface area is 234 Å². The molecular weight excluding hydrogens is 495 g/mol. The van der Waals surface area contributed by atoms with E-state index in [1.165, 1.54) is 102 Å². The molecule has 0 aromatic heterocycles. The second kappa shape index (κ2) is 23.0. The van der Waals surface area contributed by atoms with E-state index in [2.05, 4.69) is 36.1 Å². The number of hydrogen-bond donors (Lipinski definition) is 2. The summed E-state index contributed by atoms with van der Waals surface area (Å²) >= 11 is 0. The number of unbranched alkanes of at least 4 members (excludes halogenated alkanes) is 15. The minimum Gasteiger partial charge on any atom is -0.307 e. The van der Waals surface area contributed by atoms with Crippen LogP contribution in [0.15, 0.2) is 30.3 Å². The fourth-order valence-electron chi connectivity index (χ4n) is 5.10. The average molecular weight is 555 g/mol. The monoisotopic (exact) mass is 554 g/mol. The molecule has 0 amide bonds. The third kappa shape index (κ3) is 22.1. The van der Waals surface area contributed by atoms with E-state index in [9.17, 15) is 14.4 Å². The Bertz CT molecular complexity index is 698. The van der Waals surface area contributed by atoms with Crippen LogP contribution in [0.5, 0.6) is 0 Å². The second-order valence-corrected chi connectivity index (χ2v) is 12.5. The van der Waals surface area contributed by atoms with E-state index in [0.717, 1.165) is 26.1 Å². The smallest absolute Gasteiger partial charge is 0.307 e. The first kappa shape index (κ1) is 35.3. The van der Waals surface area contributed by atoms with Gasteiger partial charge < -0.3 is 14.7 Å². The minimum absolute atomic E-state index is 0.489. The van der Waals surface area contributed by atoms with Gasteiger partial charge in [-0.3, -0.25) is 9.42 Å². The van der Waals surface area contributed by atoms with Crippen molar-refractivity contribution in [3.8, 4) is 0 Å². The molecule has 0 radical (unpaired) electrons. The molecular formula is C31H59N2O4P. The summed E-state index contributed by atoms with van der Waals surface area (Å²) < 4.78 is 16.5. The van der Waals surface area contributed by atoms with E-state index in [-0.39, 0.29) is 0 Å². The van der Waals surface area contributed by atoms with E-state index in [1.54, 1.807) is 0 Å². The van der Waals surface area contributed by atoms with Gasteiger partial charge >= 0.3 is 7.82 Å². The number of likely N-dealkylation sites (N-methyl/N-ethyl adjacent to an activating group) is 1. The highest BCUT2D eigenvalue weighted by atomic mass is 31.2. The Kier molecular flexibility index (Phi) is 21.4. The maximum Gasteiger partial charge on any atom is 0.469 e. The van der Waals surface area contributed by atoms with Crippen LogP contribution in [0, 0.1) is 0 Å². The Morgan fingerprint density at radius 2 is 1.21 bits per heavy atom. The summed E-state index contributed by atoms with van der Waals surface area (Å²) in [6.45, 7) is 5.38. The molecule has 0 fully saturated rings. The van der Waals surface area contributed by atoms with Crippen molar-refractivity contribution in [3.05, 3.63) is 35.9 Å². The van der Waals surface area contributed by atoms with Gasteiger partial charge in [0.1, 0.15) is 0 Å². The quantitative estimate of drug-likeness (QED) is 0.0889. The van der Waals surface area contributed by atoms with E-state index < -0.39 is 13.9 Å². The molecule has 0 aliphatic carbocycles. The summed E-state index contributed by atoms with van der Waals surface area (Å²) in [5.41, 5.74) is 1.27. The molecule has 7 heteroatoms. The van der Waals surface area contributed by atoms with Crippen molar-refractivity contribution in [2.75, 3.05) is 33.7 Å². The van der Waals surface area contributed by atoms with Crippen LogP contribution in [0.3, 0.4) is 0 Å². The van der Waals surface area contributed by atoms with Crippen molar-refractivity contribution >= 4 is 7.82 Å². The van der Waals surface area contributed by atoms with E-state index in [4.69, 9.17) is 4.52 Å². The van der Waals surface area contributed by atoms with Gasteiger partial charge in [-0.1, -0.05) is 134 Å². The standard InChI is InChI=1S/C31H59N2O4P/c1-4-5-6-7-8-9-10-11-12-13-14-15-16-17-18-22-26-33(28-30-23-20-19-21-24-30)27-25-31(29-32(2)3)37-38(34,35)36/h19-21,23-24,31H,4-18,22,25-29H2,1-3H3,(H2,34,35,36). The zero-order valence-corrected chi connectivity index (χ0v) is 25.8. The molecule has 1 unspecified atom stereocenters. The first-order valence-electron chi connectivity index (χ1n) is 15.4. The fourth-order valence-corrected chi connectivity index (χ4v) is 5.66. The van der Waals surface area contributed by atoms with Crippen LogP contribution in [0.25, 0.3) is 0 Å². The molecule has 0 saturated carbocycles. The number of phosphoric acid groups is 1. The van der Waals surface area contributed by atoms with E-state index in [0.29, 0.717) is 13.0 Å². The molecule has 0 heterocycles. The molecule has 38 heavy (non-hydrogen) atoms. The number of benzene rings is 1. The Morgan fingerprint density at radius 3 is 1.66 bits per heavy atom. The van der Waals surface area contributed by atoms with E-state index >= 15 is 0 Å². The van der Waals surface area contributed by atoms with Gasteiger partial charge in [0.25, 0.3) is 0 Å². The van der Waals surface area contributed by atoms with Crippen molar-refractivity contribution in [1.29, 1.82) is 0 Å². The van der Waals surface area contributed by atoms with Crippen LogP contribution in [0.2, 0.25) is 0 Å². The van der Waals surface area contributed by atoms with Crippen LogP contribution in [0.1, 0.15) is 122 Å². The predicted octanol–water partition coefficient (Wildman–Crippen LogP) is 8.18. The highest BCUT2D eigenvalue weighted by molar-refractivity contribution is 7.46. The number of rotatable bonds is 26. The Hall–Kier alpha value is -0.750. The lowest BCUT2D eigenvalue weighted by atomic mass is 10.0. The maximum absolute atomic E-state index is 11.4. The van der Waals surface area contributed by atoms with Gasteiger partial charge in [0.05, 0.1) is 6.10 Å². The third-order valence-electron chi connectivity index (χ3n) is 7.20. The fraction of sp³-hybridized carbons (Fsp3) is 0.806. The molecule has 1 atom stereocenters. The van der Waals surface area contributed by atoms with Crippen molar-refractivity contribution in [1.82, 2.24) is 9.80 Å². The predicted molar refractivity (Wildman–Crippen MR) is 161 cm³/mol. The molecule has 1 rings (SSSR count). The van der Waals surface area contributed by atoms with Crippen molar-refractivity contribution in [2.24, 2.45) is 0 Å². The molecule has 0 bridgehead atoms. The first-order chi connectivity index (χ1) is 18.3. The lowest BCUT2D eigenvalue weighted by Crippen LogP contribution is -2.33. The molecule has 0 spiro atoms. The first-order valence-corrected chi connectivity index (χ1v) is 17.0. The number of nitrogens with zero attached hydrogens (tertiary/aromatic N) is 2. The highest BCUT2D eigenvalue weighted by Gasteiger charge is 2.23. The zero-order valence-electron chi connectivity index (χ0n) is 24.9.